The number of methoxy groups -OCH3 is 1. The van der Waals surface area contributed by atoms with Crippen LogP contribution in [0, 0.1) is 17.5 Å². The van der Waals surface area contributed by atoms with E-state index in [9.17, 15) is 23.2 Å². The van der Waals surface area contributed by atoms with Gasteiger partial charge >= 0.3 is 5.69 Å². The van der Waals surface area contributed by atoms with Gasteiger partial charge in [-0.15, -0.1) is 5.10 Å². The lowest BCUT2D eigenvalue weighted by Crippen LogP contribution is -2.40. The predicted octanol–water partition coefficient (Wildman–Crippen LogP) is 4.01. The number of hydrogen-bond acceptors (Lipinski definition) is 6. The first kappa shape index (κ1) is 29.5. The van der Waals surface area contributed by atoms with E-state index in [0.717, 1.165) is 22.3 Å². The lowest BCUT2D eigenvalue weighted by Gasteiger charge is -2.15. The molecule has 0 aliphatic rings. The molecule has 0 amide bonds. The monoisotopic (exact) mass is 591 g/mol. The van der Waals surface area contributed by atoms with Crippen molar-refractivity contribution in [3.63, 3.8) is 0 Å². The highest BCUT2D eigenvalue weighted by atomic mass is 19.1. The third-order valence-corrected chi connectivity index (χ3v) is 6.94. The average molecular weight is 592 g/mol. The van der Waals surface area contributed by atoms with Crippen LogP contribution in [0.5, 0.6) is 5.75 Å². The van der Waals surface area contributed by atoms with Gasteiger partial charge in [0.25, 0.3) is 5.56 Å². The number of aromatic nitrogens is 4. The summed E-state index contributed by atoms with van der Waals surface area (Å²) in [6, 6.07) is 14.2. The number of hydrogen-bond donors (Lipinski definition) is 0. The van der Waals surface area contributed by atoms with Gasteiger partial charge in [-0.2, -0.15) is 0 Å². The molecule has 3 aromatic carbocycles. The van der Waals surface area contributed by atoms with Crippen molar-refractivity contribution in [2.75, 3.05) is 21.2 Å². The molecule has 9 nitrogen and oxygen atoms in total. The highest BCUT2D eigenvalue weighted by molar-refractivity contribution is 5.79. The average Bonchev–Trinajstić information content (AvgIpc) is 3.32. The van der Waals surface area contributed by atoms with E-state index in [2.05, 4.69) is 5.10 Å². The van der Waals surface area contributed by atoms with Gasteiger partial charge in [0.15, 0.2) is 17.2 Å². The molecule has 0 radical (unpaired) electrons. The number of benzene rings is 3. The van der Waals surface area contributed by atoms with Crippen LogP contribution < -0.4 is 16.0 Å². The molecule has 0 saturated carbocycles. The SMILES string of the molecule is COc1cccc(-n2c(=O)c3c(CN(C)C)n(-c4ccc(CC(C)=O)cc4)nc3n(Cc3c(F)cccc3F)c2=O)c1F. The molecule has 12 heteroatoms. The van der Waals surface area contributed by atoms with Gasteiger partial charge in [-0.3, -0.25) is 14.2 Å². The molecule has 0 unspecified atom stereocenters. The molecule has 0 bridgehead atoms. The summed E-state index contributed by atoms with van der Waals surface area (Å²) < 4.78 is 53.3. The maximum atomic E-state index is 15.5. The van der Waals surface area contributed by atoms with Crippen molar-refractivity contribution in [2.45, 2.75) is 26.4 Å². The summed E-state index contributed by atoms with van der Waals surface area (Å²) >= 11 is 0. The van der Waals surface area contributed by atoms with Gasteiger partial charge in [0.1, 0.15) is 22.8 Å². The first-order chi connectivity index (χ1) is 20.5. The summed E-state index contributed by atoms with van der Waals surface area (Å²) in [6.45, 7) is 1.01. The standard InChI is InChI=1S/C31H28F3N5O4/c1-18(40)15-19-11-13-20(14-12-19)39-25(17-36(2)3)27-29(35-39)37(16-21-22(32)7-5-8-23(21)33)31(42)38(30(27)41)24-9-6-10-26(43-4)28(24)34/h5-14H,15-17H2,1-4H3. The van der Waals surface area contributed by atoms with Gasteiger partial charge in [0, 0.05) is 18.5 Å². The fraction of sp³-hybridized carbons (Fsp3) is 0.226. The quantitative estimate of drug-likeness (QED) is 0.257. The van der Waals surface area contributed by atoms with Crippen molar-refractivity contribution < 1.29 is 22.7 Å². The second-order valence-electron chi connectivity index (χ2n) is 10.3. The maximum absolute atomic E-state index is 15.5. The minimum Gasteiger partial charge on any atom is -0.494 e. The topological polar surface area (TPSA) is 91.4 Å². The molecule has 43 heavy (non-hydrogen) atoms. The molecule has 0 atom stereocenters. The molecule has 5 aromatic rings. The number of halogens is 3. The Morgan fingerprint density at radius 2 is 1.60 bits per heavy atom. The van der Waals surface area contributed by atoms with E-state index in [-0.39, 0.29) is 35.5 Å². The largest absolute Gasteiger partial charge is 0.494 e. The lowest BCUT2D eigenvalue weighted by atomic mass is 10.1. The summed E-state index contributed by atoms with van der Waals surface area (Å²) in [5.41, 5.74) is -1.25. The highest BCUT2D eigenvalue weighted by Gasteiger charge is 2.26. The molecule has 0 aliphatic heterocycles. The van der Waals surface area contributed by atoms with Crippen LogP contribution in [-0.4, -0.2) is 50.8 Å². The zero-order valence-corrected chi connectivity index (χ0v) is 23.9. The Morgan fingerprint density at radius 1 is 0.953 bits per heavy atom. The van der Waals surface area contributed by atoms with Crippen LogP contribution in [-0.2, 0) is 24.3 Å². The molecule has 222 valence electrons. The number of carbonyl (C=O) groups excluding carboxylic acids is 1. The summed E-state index contributed by atoms with van der Waals surface area (Å²) in [4.78, 5) is 41.5. The minimum atomic E-state index is -1.05. The fourth-order valence-corrected chi connectivity index (χ4v) is 4.99. The van der Waals surface area contributed by atoms with Crippen molar-refractivity contribution >= 4 is 16.8 Å². The Balaban J connectivity index is 1.88. The Kier molecular flexibility index (Phi) is 8.05. The van der Waals surface area contributed by atoms with Gasteiger partial charge in [0.05, 0.1) is 30.7 Å². The number of ether oxygens (including phenoxy) is 1. The van der Waals surface area contributed by atoms with Crippen LogP contribution in [0.25, 0.3) is 22.4 Å². The summed E-state index contributed by atoms with van der Waals surface area (Å²) in [5.74, 6) is -2.99. The molecule has 5 rings (SSSR count). The van der Waals surface area contributed by atoms with Crippen LogP contribution in [0.4, 0.5) is 13.2 Å². The van der Waals surface area contributed by atoms with E-state index < -0.39 is 46.5 Å². The molecule has 0 fully saturated rings. The van der Waals surface area contributed by atoms with Gasteiger partial charge < -0.3 is 9.64 Å². The molecule has 2 aromatic heterocycles. The van der Waals surface area contributed by atoms with E-state index in [1.807, 2.05) is 0 Å². The van der Waals surface area contributed by atoms with Crippen LogP contribution in [0.3, 0.4) is 0 Å². The second-order valence-corrected chi connectivity index (χ2v) is 10.3. The number of fused-ring (bicyclic) bond motifs is 1. The van der Waals surface area contributed by atoms with E-state index in [0.29, 0.717) is 15.9 Å². The van der Waals surface area contributed by atoms with Gasteiger partial charge in [-0.25, -0.2) is 27.2 Å². The summed E-state index contributed by atoms with van der Waals surface area (Å²) in [7, 11) is 4.78. The Morgan fingerprint density at radius 3 is 2.21 bits per heavy atom. The van der Waals surface area contributed by atoms with Crippen molar-refractivity contribution in [3.05, 3.63) is 116 Å². The normalized spacial score (nSPS) is 11.4. The van der Waals surface area contributed by atoms with Crippen LogP contribution in [0.1, 0.15) is 23.7 Å². The molecule has 0 spiro atoms. The Labute approximate surface area is 244 Å². The third-order valence-electron chi connectivity index (χ3n) is 6.94. The van der Waals surface area contributed by atoms with Gasteiger partial charge in [-0.1, -0.05) is 24.3 Å². The number of ketones is 1. The van der Waals surface area contributed by atoms with Gasteiger partial charge in [0.2, 0.25) is 0 Å². The van der Waals surface area contributed by atoms with E-state index in [1.54, 1.807) is 43.3 Å². The second kappa shape index (κ2) is 11.7. The van der Waals surface area contributed by atoms with Crippen molar-refractivity contribution in [2.24, 2.45) is 0 Å². The molecular formula is C31H28F3N5O4. The molecule has 0 saturated heterocycles. The molecule has 2 heterocycles. The van der Waals surface area contributed by atoms with Crippen LogP contribution >= 0.6 is 0 Å². The fourth-order valence-electron chi connectivity index (χ4n) is 4.99. The summed E-state index contributed by atoms with van der Waals surface area (Å²) in [6.07, 6.45) is 0.233. The van der Waals surface area contributed by atoms with Crippen molar-refractivity contribution in [1.29, 1.82) is 0 Å². The van der Waals surface area contributed by atoms with Gasteiger partial charge in [-0.05, 0) is 63.0 Å². The van der Waals surface area contributed by atoms with Crippen LogP contribution in [0.15, 0.2) is 70.3 Å². The van der Waals surface area contributed by atoms with E-state index in [1.165, 1.54) is 43.0 Å². The lowest BCUT2D eigenvalue weighted by molar-refractivity contribution is -0.116. The van der Waals surface area contributed by atoms with E-state index in [4.69, 9.17) is 4.74 Å². The van der Waals surface area contributed by atoms with Crippen molar-refractivity contribution in [1.82, 2.24) is 23.8 Å². The smallest absolute Gasteiger partial charge is 0.337 e. The Bertz CT molecular complexity index is 1960. The number of Topliss-reactive ketones (excluding diaryl/α,β-unsaturated/α-hetero) is 1. The molecule has 0 aliphatic carbocycles. The minimum absolute atomic E-state index is 0.0133. The van der Waals surface area contributed by atoms with E-state index >= 15 is 4.39 Å². The number of carbonyl (C=O) groups is 1. The molecule has 0 N–H and O–H groups in total. The Hall–Kier alpha value is -4.97. The summed E-state index contributed by atoms with van der Waals surface area (Å²) in [5, 5.41) is 4.56. The van der Waals surface area contributed by atoms with Crippen LogP contribution in [0.2, 0.25) is 0 Å². The highest BCUT2D eigenvalue weighted by Crippen LogP contribution is 2.25. The number of nitrogens with zero attached hydrogens (tertiary/aromatic N) is 5. The zero-order chi connectivity index (χ0) is 31.0. The molecular weight excluding hydrogens is 563 g/mol. The predicted molar refractivity (Wildman–Crippen MR) is 155 cm³/mol. The third kappa shape index (κ3) is 5.48. The first-order valence-electron chi connectivity index (χ1n) is 13.3. The van der Waals surface area contributed by atoms with Crippen molar-refractivity contribution in [3.8, 4) is 17.1 Å². The maximum Gasteiger partial charge on any atom is 0.337 e. The zero-order valence-electron chi connectivity index (χ0n) is 23.9. The number of rotatable bonds is 9. The first-order valence-corrected chi connectivity index (χ1v) is 13.3.